The molecule has 3 nitrogen and oxygen atoms in total. The molecule has 1 heterocycles. The van der Waals surface area contributed by atoms with Crippen molar-refractivity contribution in [3.63, 3.8) is 0 Å². The van der Waals surface area contributed by atoms with E-state index >= 15 is 0 Å². The van der Waals surface area contributed by atoms with E-state index in [-0.39, 0.29) is 38.4 Å². The third-order valence-electron chi connectivity index (χ3n) is 1.59. The summed E-state index contributed by atoms with van der Waals surface area (Å²) in [6.07, 6.45) is 1.63. The summed E-state index contributed by atoms with van der Waals surface area (Å²) in [5.74, 6) is -0.138. The van der Waals surface area contributed by atoms with Crippen LogP contribution in [0.1, 0.15) is 35.8 Å². The molecule has 0 saturated heterocycles. The molecule has 1 amide bonds. The van der Waals surface area contributed by atoms with Gasteiger partial charge in [-0.2, -0.15) is 6.07 Å². The second-order valence-electron chi connectivity index (χ2n) is 2.91. The molecule has 0 atom stereocenters. The zero-order valence-corrected chi connectivity index (χ0v) is 10.6. The Kier molecular flexibility index (Phi) is 5.34. The van der Waals surface area contributed by atoms with Gasteiger partial charge in [-0.15, -0.1) is 11.6 Å². The molecular weight excluding hydrogens is 241 g/mol. The van der Waals surface area contributed by atoms with Crippen molar-refractivity contribution >= 4 is 5.91 Å². The van der Waals surface area contributed by atoms with Gasteiger partial charge in [-0.3, -0.25) is 4.79 Å². The molecule has 0 aliphatic carbocycles. The predicted octanol–water partition coefficient (Wildman–Crippen LogP) is 1.10. The van der Waals surface area contributed by atoms with Gasteiger partial charge in [0.2, 0.25) is 5.91 Å². The minimum Gasteiger partial charge on any atom is -0.378 e. The first-order chi connectivity index (χ1) is 5.61. The minimum atomic E-state index is -0.512. The summed E-state index contributed by atoms with van der Waals surface area (Å²) in [6, 6.07) is 4.48. The van der Waals surface area contributed by atoms with Gasteiger partial charge in [0.1, 0.15) is 0 Å². The number of aromatic nitrogens is 1. The maximum atomic E-state index is 10.6. The van der Waals surface area contributed by atoms with Crippen molar-refractivity contribution in [2.75, 3.05) is 0 Å². The van der Waals surface area contributed by atoms with Crippen molar-refractivity contribution < 1.29 is 37.5 Å². The van der Waals surface area contributed by atoms with Crippen molar-refractivity contribution in [1.29, 1.82) is 0 Å². The van der Waals surface area contributed by atoms with Gasteiger partial charge in [-0.25, -0.2) is 0 Å². The first kappa shape index (κ1) is 12.7. The van der Waals surface area contributed by atoms with Crippen LogP contribution in [0.4, 0.5) is 0 Å². The molecule has 0 aliphatic rings. The van der Waals surface area contributed by atoms with Crippen molar-refractivity contribution in [3.8, 4) is 0 Å². The number of pyridine rings is 1. The van der Waals surface area contributed by atoms with E-state index in [1.807, 2.05) is 13.8 Å². The van der Waals surface area contributed by atoms with Crippen molar-refractivity contribution in [3.05, 3.63) is 29.6 Å². The van der Waals surface area contributed by atoms with Crippen LogP contribution in [0.3, 0.4) is 0 Å². The molecule has 0 spiro atoms. The Morgan fingerprint density at radius 1 is 1.62 bits per heavy atom. The summed E-state index contributed by atoms with van der Waals surface area (Å²) in [7, 11) is 0. The van der Waals surface area contributed by atoms with Crippen LogP contribution >= 0.6 is 0 Å². The van der Waals surface area contributed by atoms with Crippen LogP contribution in [0.5, 0.6) is 0 Å². The van der Waals surface area contributed by atoms with Gasteiger partial charge in [0.15, 0.2) is 0 Å². The second kappa shape index (κ2) is 5.45. The molecule has 1 radical (unpaired) electrons. The first-order valence-corrected chi connectivity index (χ1v) is 3.78. The zero-order chi connectivity index (χ0) is 9.14. The van der Waals surface area contributed by atoms with E-state index in [1.165, 1.54) is 6.07 Å². The van der Waals surface area contributed by atoms with Crippen molar-refractivity contribution in [1.82, 2.24) is 4.98 Å². The van der Waals surface area contributed by atoms with Crippen LogP contribution in [0.2, 0.25) is 0 Å². The van der Waals surface area contributed by atoms with Crippen molar-refractivity contribution in [2.24, 2.45) is 5.73 Å². The molecule has 0 bridgehead atoms. The fraction of sp³-hybridized carbons (Fsp3) is 0.333. The molecule has 0 unspecified atom stereocenters. The predicted molar refractivity (Wildman–Crippen MR) is 45.7 cm³/mol. The SMILES string of the molecule is CC(C)c1[c-]cc(C(N)=O)nc1.[Y]. The van der Waals surface area contributed by atoms with Gasteiger partial charge in [-0.05, 0) is 5.92 Å². The molecule has 2 N–H and O–H groups in total. The summed E-state index contributed by atoms with van der Waals surface area (Å²) in [4.78, 5) is 14.5. The molecule has 1 aromatic rings. The molecule has 67 valence electrons. The van der Waals surface area contributed by atoms with E-state index in [1.54, 1.807) is 6.20 Å². The van der Waals surface area contributed by atoms with Crippen molar-refractivity contribution in [2.45, 2.75) is 19.8 Å². The largest absolute Gasteiger partial charge is 0.378 e. The van der Waals surface area contributed by atoms with Crippen LogP contribution in [-0.4, -0.2) is 10.9 Å². The molecule has 13 heavy (non-hydrogen) atoms. The second-order valence-corrected chi connectivity index (χ2v) is 2.91. The summed E-state index contributed by atoms with van der Waals surface area (Å²) in [5, 5.41) is 0. The van der Waals surface area contributed by atoms with E-state index in [0.717, 1.165) is 5.56 Å². The standard InChI is InChI=1S/C9H11N2O.Y/c1-6(2)7-3-4-8(9(10)12)11-5-7;/h4-6H,1-2H3,(H2,10,12);/q-1;. The van der Waals surface area contributed by atoms with E-state index in [0.29, 0.717) is 5.92 Å². The third-order valence-corrected chi connectivity index (χ3v) is 1.59. The van der Waals surface area contributed by atoms with Crippen LogP contribution in [0.15, 0.2) is 12.3 Å². The van der Waals surface area contributed by atoms with Gasteiger partial charge in [0.05, 0.1) is 0 Å². The Morgan fingerprint density at radius 3 is 2.54 bits per heavy atom. The fourth-order valence-corrected chi connectivity index (χ4v) is 0.816. The fourth-order valence-electron chi connectivity index (χ4n) is 0.816. The number of primary amides is 1. The number of carbonyl (C=O) groups is 1. The van der Waals surface area contributed by atoms with Gasteiger partial charge in [0.25, 0.3) is 0 Å². The van der Waals surface area contributed by atoms with Gasteiger partial charge < -0.3 is 10.7 Å². The Balaban J connectivity index is 0.00000144. The van der Waals surface area contributed by atoms with Gasteiger partial charge in [0, 0.05) is 38.4 Å². The molecule has 0 fully saturated rings. The van der Waals surface area contributed by atoms with E-state index in [4.69, 9.17) is 5.73 Å². The topological polar surface area (TPSA) is 56.0 Å². The molecule has 0 aromatic carbocycles. The average molecular weight is 252 g/mol. The summed E-state index contributed by atoms with van der Waals surface area (Å²) < 4.78 is 0. The Morgan fingerprint density at radius 2 is 2.23 bits per heavy atom. The van der Waals surface area contributed by atoms with Gasteiger partial charge in [-0.1, -0.05) is 20.0 Å². The third kappa shape index (κ3) is 3.53. The van der Waals surface area contributed by atoms with Crippen LogP contribution in [0, 0.1) is 6.07 Å². The smallest absolute Gasteiger partial charge is 0.210 e. The quantitative estimate of drug-likeness (QED) is 0.801. The first-order valence-electron chi connectivity index (χ1n) is 3.78. The Hall–Kier alpha value is -0.276. The van der Waals surface area contributed by atoms with E-state index in [9.17, 15) is 4.79 Å². The molecule has 1 rings (SSSR count). The van der Waals surface area contributed by atoms with Crippen LogP contribution < -0.4 is 5.73 Å². The normalized spacial score (nSPS) is 9.46. The maximum Gasteiger partial charge on any atom is 0.210 e. The summed E-state index contributed by atoms with van der Waals surface area (Å²) >= 11 is 0. The molecule has 0 saturated carbocycles. The van der Waals surface area contributed by atoms with E-state index in [2.05, 4.69) is 11.1 Å². The summed E-state index contributed by atoms with van der Waals surface area (Å²) in [6.45, 7) is 4.08. The molecule has 4 heteroatoms. The average Bonchev–Trinajstić information content (AvgIpc) is 2.04. The maximum absolute atomic E-state index is 10.6. The van der Waals surface area contributed by atoms with Gasteiger partial charge >= 0.3 is 0 Å². The van der Waals surface area contributed by atoms with E-state index < -0.39 is 5.91 Å². The van der Waals surface area contributed by atoms with Crippen LogP contribution in [0.25, 0.3) is 0 Å². The molecule has 0 aliphatic heterocycles. The number of carbonyl (C=O) groups excluding carboxylic acids is 1. The number of nitrogens with zero attached hydrogens (tertiary/aromatic N) is 1. The minimum absolute atomic E-state index is 0. The number of rotatable bonds is 2. The zero-order valence-electron chi connectivity index (χ0n) is 7.74. The number of nitrogens with two attached hydrogens (primary N) is 1. The number of hydrogen-bond donors (Lipinski definition) is 1. The number of hydrogen-bond acceptors (Lipinski definition) is 2. The monoisotopic (exact) mass is 252 g/mol. The Labute approximate surface area is 103 Å². The van der Waals surface area contributed by atoms with Crippen LogP contribution in [-0.2, 0) is 32.7 Å². The number of amides is 1. The molecular formula is C9H11N2OY-. The molecule has 1 aromatic heterocycles. The summed E-state index contributed by atoms with van der Waals surface area (Å²) in [5.41, 5.74) is 6.27. The Bertz CT molecular complexity index is 282.